The van der Waals surface area contributed by atoms with E-state index in [2.05, 4.69) is 21.5 Å². The predicted molar refractivity (Wildman–Crippen MR) is 131 cm³/mol. The summed E-state index contributed by atoms with van der Waals surface area (Å²) in [6.07, 6.45) is 5.38. The average molecular weight is 449 g/mol. The molecule has 0 radical (unpaired) electrons. The van der Waals surface area contributed by atoms with E-state index < -0.39 is 0 Å². The minimum Gasteiger partial charge on any atom is -0.436 e. The molecule has 3 aromatic carbocycles. The molecule has 0 saturated carbocycles. The van der Waals surface area contributed by atoms with E-state index in [1.165, 1.54) is 5.56 Å². The van der Waals surface area contributed by atoms with E-state index in [4.69, 9.17) is 4.42 Å². The summed E-state index contributed by atoms with van der Waals surface area (Å²) in [5, 5.41) is 7.33. The summed E-state index contributed by atoms with van der Waals surface area (Å²) in [6, 6.07) is 25.4. The number of nitrogens with zero attached hydrogens (tertiary/aromatic N) is 3. The number of nitrogens with one attached hydrogen (secondary N) is 1. The van der Waals surface area contributed by atoms with Crippen LogP contribution in [0, 0.1) is 6.92 Å². The highest BCUT2D eigenvalue weighted by Crippen LogP contribution is 2.28. The highest BCUT2D eigenvalue weighted by molar-refractivity contribution is 6.00. The van der Waals surface area contributed by atoms with Crippen molar-refractivity contribution in [2.75, 3.05) is 0 Å². The van der Waals surface area contributed by atoms with Gasteiger partial charge < -0.3 is 9.73 Å². The zero-order valence-corrected chi connectivity index (χ0v) is 18.8. The molecule has 168 valence electrons. The molecule has 0 atom stereocenters. The van der Waals surface area contributed by atoms with Crippen LogP contribution in [0.15, 0.2) is 102 Å². The molecule has 0 aliphatic rings. The van der Waals surface area contributed by atoms with Crippen molar-refractivity contribution in [3.63, 3.8) is 0 Å². The van der Waals surface area contributed by atoms with Gasteiger partial charge in [-0.05, 0) is 36.2 Å². The topological polar surface area (TPSA) is 73.0 Å². The fourth-order valence-electron chi connectivity index (χ4n) is 3.84. The lowest BCUT2D eigenvalue weighted by Crippen LogP contribution is -2.24. The summed E-state index contributed by atoms with van der Waals surface area (Å²) in [7, 11) is 0. The molecule has 5 rings (SSSR count). The van der Waals surface area contributed by atoms with Gasteiger partial charge in [0.05, 0.1) is 18.3 Å². The van der Waals surface area contributed by atoms with Crippen LogP contribution in [-0.2, 0) is 13.1 Å². The lowest BCUT2D eigenvalue weighted by molar-refractivity contribution is 0.0951. The minimum absolute atomic E-state index is 0.181. The summed E-state index contributed by atoms with van der Waals surface area (Å²) in [5.41, 5.74) is 5.45. The third-order valence-corrected chi connectivity index (χ3v) is 5.69. The molecular weight excluding hydrogens is 424 g/mol. The predicted octanol–water partition coefficient (Wildman–Crippen LogP) is 5.49. The Morgan fingerprint density at radius 3 is 2.50 bits per heavy atom. The highest BCUT2D eigenvalue weighted by Gasteiger charge is 2.17. The molecule has 34 heavy (non-hydrogen) atoms. The number of rotatable bonds is 7. The van der Waals surface area contributed by atoms with Crippen molar-refractivity contribution in [3.8, 4) is 22.8 Å². The van der Waals surface area contributed by atoms with Gasteiger partial charge in [-0.15, -0.1) is 0 Å². The van der Waals surface area contributed by atoms with E-state index in [0.717, 1.165) is 16.7 Å². The molecule has 0 aliphatic heterocycles. The fourth-order valence-corrected chi connectivity index (χ4v) is 3.84. The van der Waals surface area contributed by atoms with Crippen LogP contribution in [-0.4, -0.2) is 20.7 Å². The third kappa shape index (κ3) is 4.66. The number of hydrogen-bond donors (Lipinski definition) is 1. The number of aryl methyl sites for hydroxylation is 1. The molecule has 0 unspecified atom stereocenters. The quantitative estimate of drug-likeness (QED) is 0.357. The van der Waals surface area contributed by atoms with Crippen LogP contribution in [0.2, 0.25) is 0 Å². The summed E-state index contributed by atoms with van der Waals surface area (Å²) < 4.78 is 7.89. The van der Waals surface area contributed by atoms with Crippen molar-refractivity contribution < 1.29 is 9.21 Å². The zero-order chi connectivity index (χ0) is 23.3. The molecule has 2 aromatic heterocycles. The number of benzene rings is 3. The number of hydrogen-bond acceptors (Lipinski definition) is 4. The molecule has 6 nitrogen and oxygen atoms in total. The molecule has 0 spiro atoms. The minimum atomic E-state index is -0.181. The molecule has 5 aromatic rings. The second kappa shape index (κ2) is 9.58. The SMILES string of the molecule is Cc1ccc(-c2cnc(-c3ccccc3C(=O)NCc3ccccc3Cn3cccn3)o2)cc1. The smallest absolute Gasteiger partial charge is 0.252 e. The molecule has 1 N–H and O–H groups in total. The fraction of sp³-hybridized carbons (Fsp3) is 0.107. The van der Waals surface area contributed by atoms with Gasteiger partial charge in [0.2, 0.25) is 5.89 Å². The largest absolute Gasteiger partial charge is 0.436 e. The van der Waals surface area contributed by atoms with Gasteiger partial charge >= 0.3 is 0 Å². The van der Waals surface area contributed by atoms with E-state index in [0.29, 0.717) is 35.9 Å². The first-order chi connectivity index (χ1) is 16.7. The Morgan fingerprint density at radius 1 is 0.941 bits per heavy atom. The number of carbonyl (C=O) groups excluding carboxylic acids is 1. The third-order valence-electron chi connectivity index (χ3n) is 5.69. The van der Waals surface area contributed by atoms with Crippen molar-refractivity contribution in [2.24, 2.45) is 0 Å². The first-order valence-electron chi connectivity index (χ1n) is 11.1. The molecule has 0 fully saturated rings. The number of carbonyl (C=O) groups is 1. The van der Waals surface area contributed by atoms with Gasteiger partial charge in [0.25, 0.3) is 5.91 Å². The van der Waals surface area contributed by atoms with Gasteiger partial charge in [-0.25, -0.2) is 4.98 Å². The van der Waals surface area contributed by atoms with Crippen LogP contribution in [0.1, 0.15) is 27.0 Å². The van der Waals surface area contributed by atoms with Crippen molar-refractivity contribution in [3.05, 3.63) is 120 Å². The average Bonchev–Trinajstić information content (AvgIpc) is 3.56. The second-order valence-corrected chi connectivity index (χ2v) is 8.10. The van der Waals surface area contributed by atoms with E-state index in [-0.39, 0.29) is 5.91 Å². The summed E-state index contributed by atoms with van der Waals surface area (Å²) in [4.78, 5) is 17.6. The maximum absolute atomic E-state index is 13.2. The van der Waals surface area contributed by atoms with Crippen LogP contribution in [0.4, 0.5) is 0 Å². The maximum Gasteiger partial charge on any atom is 0.252 e. The summed E-state index contributed by atoms with van der Waals surface area (Å²) in [6.45, 7) is 3.10. The van der Waals surface area contributed by atoms with E-state index in [9.17, 15) is 4.79 Å². The number of amides is 1. The van der Waals surface area contributed by atoms with Crippen LogP contribution >= 0.6 is 0 Å². The van der Waals surface area contributed by atoms with Gasteiger partial charge in [-0.2, -0.15) is 5.10 Å². The van der Waals surface area contributed by atoms with Crippen molar-refractivity contribution in [1.29, 1.82) is 0 Å². The first kappa shape index (κ1) is 21.4. The Hall–Kier alpha value is -4.45. The van der Waals surface area contributed by atoms with Crippen molar-refractivity contribution in [1.82, 2.24) is 20.1 Å². The van der Waals surface area contributed by atoms with E-state index >= 15 is 0 Å². The van der Waals surface area contributed by atoms with E-state index in [1.807, 2.05) is 84.5 Å². The number of oxazole rings is 1. The lowest BCUT2D eigenvalue weighted by atomic mass is 10.1. The van der Waals surface area contributed by atoms with Crippen LogP contribution in [0.3, 0.4) is 0 Å². The Morgan fingerprint density at radius 2 is 1.71 bits per heavy atom. The van der Waals surface area contributed by atoms with Crippen LogP contribution in [0.5, 0.6) is 0 Å². The standard InChI is InChI=1S/C28H24N4O2/c1-20-11-13-21(14-12-20)26-18-30-28(34-26)25-10-5-4-9-24(25)27(33)29-17-22-7-2-3-8-23(22)19-32-16-6-15-31-32/h2-16,18H,17,19H2,1H3,(H,29,33). The Labute approximate surface area is 197 Å². The summed E-state index contributed by atoms with van der Waals surface area (Å²) >= 11 is 0. The van der Waals surface area contributed by atoms with Crippen LogP contribution < -0.4 is 5.32 Å². The molecular formula is C28H24N4O2. The monoisotopic (exact) mass is 448 g/mol. The maximum atomic E-state index is 13.2. The molecule has 0 bridgehead atoms. The Kier molecular flexibility index (Phi) is 6.03. The molecule has 0 aliphatic carbocycles. The molecule has 6 heteroatoms. The summed E-state index contributed by atoms with van der Waals surface area (Å²) in [5.74, 6) is 0.901. The Bertz CT molecular complexity index is 1400. The normalized spacial score (nSPS) is 10.9. The van der Waals surface area contributed by atoms with Gasteiger partial charge in [0.1, 0.15) is 0 Å². The van der Waals surface area contributed by atoms with E-state index in [1.54, 1.807) is 18.5 Å². The Balaban J connectivity index is 1.34. The van der Waals surface area contributed by atoms with Gasteiger partial charge in [0.15, 0.2) is 5.76 Å². The zero-order valence-electron chi connectivity index (χ0n) is 18.8. The lowest BCUT2D eigenvalue weighted by Gasteiger charge is -2.12. The van der Waals surface area contributed by atoms with Crippen molar-refractivity contribution in [2.45, 2.75) is 20.0 Å². The van der Waals surface area contributed by atoms with Crippen LogP contribution in [0.25, 0.3) is 22.8 Å². The number of aromatic nitrogens is 3. The highest BCUT2D eigenvalue weighted by atomic mass is 16.4. The van der Waals surface area contributed by atoms with Gasteiger partial charge in [-0.1, -0.05) is 66.2 Å². The first-order valence-corrected chi connectivity index (χ1v) is 11.1. The molecule has 1 amide bonds. The van der Waals surface area contributed by atoms with Crippen molar-refractivity contribution >= 4 is 5.91 Å². The molecule has 0 saturated heterocycles. The van der Waals surface area contributed by atoms with Gasteiger partial charge in [-0.3, -0.25) is 9.48 Å². The van der Waals surface area contributed by atoms with Gasteiger partial charge in [0, 0.05) is 30.1 Å². The second-order valence-electron chi connectivity index (χ2n) is 8.10. The molecule has 2 heterocycles.